The van der Waals surface area contributed by atoms with Gasteiger partial charge in [0.1, 0.15) is 6.07 Å². The van der Waals surface area contributed by atoms with E-state index >= 15 is 0 Å². The molecule has 0 saturated carbocycles. The molecule has 5 heteroatoms. The molecule has 0 fully saturated rings. The second-order valence-electron chi connectivity index (χ2n) is 2.94. The van der Waals surface area contributed by atoms with Gasteiger partial charge in [0.05, 0.1) is 24.3 Å². The van der Waals surface area contributed by atoms with E-state index in [-0.39, 0.29) is 24.3 Å². The van der Waals surface area contributed by atoms with Crippen molar-refractivity contribution in [3.05, 3.63) is 33.3 Å². The number of esters is 1. The lowest BCUT2D eigenvalue weighted by atomic mass is 10.0. The Kier molecular flexibility index (Phi) is 4.47. The molecule has 0 radical (unpaired) electrons. The predicted octanol–water partition coefficient (Wildman–Crippen LogP) is 1.99. The van der Waals surface area contributed by atoms with Gasteiger partial charge in [0.25, 0.3) is 0 Å². The minimum Gasteiger partial charge on any atom is -0.462 e. The highest BCUT2D eigenvalue weighted by Gasteiger charge is 2.17. The molecule has 0 aliphatic heterocycles. The number of aliphatic hydroxyl groups is 1. The fourth-order valence-corrected chi connectivity index (χ4v) is 1.74. The summed E-state index contributed by atoms with van der Waals surface area (Å²) < 4.78 is 5.42. The van der Waals surface area contributed by atoms with Crippen LogP contribution in [0.3, 0.4) is 0 Å². The van der Waals surface area contributed by atoms with Crippen molar-refractivity contribution in [3.8, 4) is 6.07 Å². The van der Waals surface area contributed by atoms with Gasteiger partial charge in [-0.05, 0) is 19.1 Å². The molecule has 0 heterocycles. The summed E-state index contributed by atoms with van der Waals surface area (Å²) in [5, 5.41) is 18.1. The van der Waals surface area contributed by atoms with E-state index in [1.807, 2.05) is 6.07 Å². The fourth-order valence-electron chi connectivity index (χ4n) is 1.28. The second-order valence-corrected chi connectivity index (χ2v) is 3.79. The maximum Gasteiger partial charge on any atom is 0.339 e. The summed E-state index contributed by atoms with van der Waals surface area (Å²) in [4.78, 5) is 11.5. The summed E-state index contributed by atoms with van der Waals surface area (Å²) >= 11 is 3.21. The van der Waals surface area contributed by atoms with Crippen molar-refractivity contribution in [1.29, 1.82) is 5.26 Å². The first-order valence-electron chi connectivity index (χ1n) is 4.65. The lowest BCUT2D eigenvalue weighted by molar-refractivity contribution is 0.0526. The molecule has 0 unspecified atom stereocenters. The normalized spacial score (nSPS) is 9.62. The topological polar surface area (TPSA) is 70.3 Å². The summed E-state index contributed by atoms with van der Waals surface area (Å²) in [5.41, 5.74) is 0.722. The van der Waals surface area contributed by atoms with Crippen molar-refractivity contribution in [2.75, 3.05) is 6.61 Å². The molecule has 0 spiro atoms. The van der Waals surface area contributed by atoms with Crippen LogP contribution in [-0.4, -0.2) is 17.7 Å². The lowest BCUT2D eigenvalue weighted by Crippen LogP contribution is -2.09. The largest absolute Gasteiger partial charge is 0.462 e. The molecule has 84 valence electrons. The van der Waals surface area contributed by atoms with Crippen LogP contribution in [0, 0.1) is 11.3 Å². The Bertz CT molecular complexity index is 451. The number of ether oxygens (including phenoxy) is 1. The molecule has 0 atom stereocenters. The summed E-state index contributed by atoms with van der Waals surface area (Å²) in [6.45, 7) is 1.63. The monoisotopic (exact) mass is 283 g/mol. The molecular weight excluding hydrogens is 274 g/mol. The number of rotatable bonds is 3. The molecule has 0 saturated heterocycles. The van der Waals surface area contributed by atoms with Crippen molar-refractivity contribution in [2.45, 2.75) is 13.5 Å². The van der Waals surface area contributed by atoms with Crippen molar-refractivity contribution in [3.63, 3.8) is 0 Å². The quantitative estimate of drug-likeness (QED) is 0.862. The number of carbonyl (C=O) groups excluding carboxylic acids is 1. The fraction of sp³-hybridized carbons (Fsp3) is 0.273. The Labute approximate surface area is 102 Å². The first-order chi connectivity index (χ1) is 7.65. The van der Waals surface area contributed by atoms with Crippen LogP contribution in [0.25, 0.3) is 0 Å². The Hall–Kier alpha value is -1.38. The first kappa shape index (κ1) is 12.7. The summed E-state index contributed by atoms with van der Waals surface area (Å²) in [5.74, 6) is -0.554. The molecule has 0 bridgehead atoms. The number of halogens is 1. The van der Waals surface area contributed by atoms with Gasteiger partial charge < -0.3 is 9.84 Å². The van der Waals surface area contributed by atoms with E-state index in [9.17, 15) is 4.79 Å². The highest BCUT2D eigenvalue weighted by atomic mass is 79.9. The van der Waals surface area contributed by atoms with Gasteiger partial charge in [-0.1, -0.05) is 15.9 Å². The zero-order chi connectivity index (χ0) is 12.1. The van der Waals surface area contributed by atoms with Crippen LogP contribution in [0.15, 0.2) is 16.6 Å². The third-order valence-corrected chi connectivity index (χ3v) is 2.76. The minimum absolute atomic E-state index is 0.148. The van der Waals surface area contributed by atoms with E-state index in [0.29, 0.717) is 10.0 Å². The Morgan fingerprint density at radius 3 is 2.81 bits per heavy atom. The number of benzene rings is 1. The SMILES string of the molecule is CCOC(=O)c1ccc(Br)c(CO)c1C#N. The van der Waals surface area contributed by atoms with E-state index in [0.717, 1.165) is 0 Å². The minimum atomic E-state index is -0.554. The van der Waals surface area contributed by atoms with Gasteiger partial charge in [-0.3, -0.25) is 0 Å². The summed E-state index contributed by atoms with van der Waals surface area (Å²) in [6, 6.07) is 5.01. The van der Waals surface area contributed by atoms with Gasteiger partial charge in [0.15, 0.2) is 0 Å². The zero-order valence-corrected chi connectivity index (χ0v) is 10.2. The average molecular weight is 284 g/mol. The molecule has 0 amide bonds. The van der Waals surface area contributed by atoms with Crippen molar-refractivity contribution in [2.24, 2.45) is 0 Å². The molecule has 0 aliphatic rings. The Balaban J connectivity index is 3.31. The average Bonchev–Trinajstić information content (AvgIpc) is 2.28. The summed E-state index contributed by atoms with van der Waals surface area (Å²) in [6.07, 6.45) is 0. The number of nitrogens with zero attached hydrogens (tertiary/aromatic N) is 1. The highest BCUT2D eigenvalue weighted by Crippen LogP contribution is 2.24. The number of nitriles is 1. The molecule has 1 aromatic rings. The van der Waals surface area contributed by atoms with E-state index in [4.69, 9.17) is 15.1 Å². The van der Waals surface area contributed by atoms with Crippen LogP contribution in [-0.2, 0) is 11.3 Å². The van der Waals surface area contributed by atoms with E-state index in [1.165, 1.54) is 6.07 Å². The van der Waals surface area contributed by atoms with Crippen molar-refractivity contribution < 1.29 is 14.6 Å². The zero-order valence-electron chi connectivity index (χ0n) is 8.66. The number of carbonyl (C=O) groups is 1. The van der Waals surface area contributed by atoms with Gasteiger partial charge in [0, 0.05) is 10.0 Å². The predicted molar refractivity (Wildman–Crippen MR) is 60.7 cm³/mol. The van der Waals surface area contributed by atoms with Gasteiger partial charge in [0.2, 0.25) is 0 Å². The molecule has 4 nitrogen and oxygen atoms in total. The van der Waals surface area contributed by atoms with Gasteiger partial charge in [-0.15, -0.1) is 0 Å². The molecule has 0 aliphatic carbocycles. The first-order valence-corrected chi connectivity index (χ1v) is 5.44. The van der Waals surface area contributed by atoms with E-state index < -0.39 is 5.97 Å². The Morgan fingerprint density at radius 1 is 1.62 bits per heavy atom. The van der Waals surface area contributed by atoms with Crippen molar-refractivity contribution >= 4 is 21.9 Å². The Morgan fingerprint density at radius 2 is 2.31 bits per heavy atom. The summed E-state index contributed by atoms with van der Waals surface area (Å²) in [7, 11) is 0. The van der Waals surface area contributed by atoms with Crippen LogP contribution in [0.2, 0.25) is 0 Å². The lowest BCUT2D eigenvalue weighted by Gasteiger charge is -2.08. The molecule has 16 heavy (non-hydrogen) atoms. The maximum absolute atomic E-state index is 11.5. The van der Waals surface area contributed by atoms with Crippen molar-refractivity contribution in [1.82, 2.24) is 0 Å². The maximum atomic E-state index is 11.5. The molecule has 1 aromatic carbocycles. The van der Waals surface area contributed by atoms with E-state index in [1.54, 1.807) is 13.0 Å². The number of hydrogen-bond donors (Lipinski definition) is 1. The van der Waals surface area contributed by atoms with Crippen LogP contribution < -0.4 is 0 Å². The third kappa shape index (κ3) is 2.40. The number of hydrogen-bond acceptors (Lipinski definition) is 4. The molecule has 1 rings (SSSR count). The van der Waals surface area contributed by atoms with E-state index in [2.05, 4.69) is 15.9 Å². The smallest absolute Gasteiger partial charge is 0.339 e. The third-order valence-electron chi connectivity index (χ3n) is 2.02. The van der Waals surface area contributed by atoms with Crippen LogP contribution >= 0.6 is 15.9 Å². The standard InChI is InChI=1S/C11H10BrNO3/c1-2-16-11(15)7-3-4-10(12)9(6-14)8(7)5-13/h3-4,14H,2,6H2,1H3. The van der Waals surface area contributed by atoms with Crippen LogP contribution in [0.4, 0.5) is 0 Å². The van der Waals surface area contributed by atoms with Gasteiger partial charge >= 0.3 is 5.97 Å². The van der Waals surface area contributed by atoms with Gasteiger partial charge in [-0.2, -0.15) is 5.26 Å². The molecule has 1 N–H and O–H groups in total. The van der Waals surface area contributed by atoms with Crippen LogP contribution in [0.1, 0.15) is 28.4 Å². The molecule has 0 aromatic heterocycles. The molecular formula is C11H10BrNO3. The van der Waals surface area contributed by atoms with Crippen LogP contribution in [0.5, 0.6) is 0 Å². The highest BCUT2D eigenvalue weighted by molar-refractivity contribution is 9.10. The second kappa shape index (κ2) is 5.64. The number of aliphatic hydroxyl groups excluding tert-OH is 1. The van der Waals surface area contributed by atoms with Gasteiger partial charge in [-0.25, -0.2) is 4.79 Å².